The number of hydrogen-bond donors (Lipinski definition) is 2. The standard InChI is InChI=1S/C25H32N6O2/c1-3-20(28)10-18(12-26)21-11-19(13-27)25(29-24(21)17-6-7-17)30-8-9-31(23(32)15-33-2)22(14-30)16-4-5-16/h3,10-12,16-17,22H,1,4-9,14-15,26,28H2,2H3/b18-12+,20-10-. The van der Waals surface area contributed by atoms with E-state index in [0.29, 0.717) is 48.5 Å². The van der Waals surface area contributed by atoms with Gasteiger partial charge in [-0.2, -0.15) is 5.26 Å². The summed E-state index contributed by atoms with van der Waals surface area (Å²) in [5.74, 6) is 1.58. The van der Waals surface area contributed by atoms with Crippen LogP contribution >= 0.6 is 0 Å². The van der Waals surface area contributed by atoms with E-state index in [1.165, 1.54) is 6.20 Å². The van der Waals surface area contributed by atoms with Crippen molar-refractivity contribution in [2.75, 3.05) is 38.3 Å². The minimum absolute atomic E-state index is 0.0286. The Morgan fingerprint density at radius 2 is 2.12 bits per heavy atom. The number of carbonyl (C=O) groups excluding carboxylic acids is 1. The maximum Gasteiger partial charge on any atom is 0.248 e. The zero-order valence-corrected chi connectivity index (χ0v) is 19.2. The Balaban J connectivity index is 1.69. The van der Waals surface area contributed by atoms with Gasteiger partial charge in [-0.15, -0.1) is 0 Å². The first kappa shape index (κ1) is 22.9. The Hall–Kier alpha value is -3.31. The van der Waals surface area contributed by atoms with Crippen molar-refractivity contribution in [3.8, 4) is 6.07 Å². The first-order chi connectivity index (χ1) is 16.0. The monoisotopic (exact) mass is 448 g/mol. The molecule has 1 aliphatic heterocycles. The molecule has 33 heavy (non-hydrogen) atoms. The SMILES string of the molecule is C=C/C(N)=C/C(=C\N)c1cc(C#N)c(N2CCN(C(=O)COC)C(C3CC3)C2)nc1C1CC1. The lowest BCUT2D eigenvalue weighted by Crippen LogP contribution is -2.57. The molecule has 174 valence electrons. The van der Waals surface area contributed by atoms with Crippen LogP contribution in [0.15, 0.2) is 36.7 Å². The van der Waals surface area contributed by atoms with Crippen LogP contribution < -0.4 is 16.4 Å². The Bertz CT molecular complexity index is 1030. The molecule has 8 nitrogen and oxygen atoms in total. The second-order valence-electron chi connectivity index (χ2n) is 9.02. The number of rotatable bonds is 8. The fourth-order valence-electron chi connectivity index (χ4n) is 4.60. The van der Waals surface area contributed by atoms with Crippen molar-refractivity contribution in [3.63, 3.8) is 0 Å². The Kier molecular flexibility index (Phi) is 6.70. The van der Waals surface area contributed by atoms with Crippen molar-refractivity contribution < 1.29 is 9.53 Å². The van der Waals surface area contributed by atoms with E-state index in [0.717, 1.165) is 42.5 Å². The van der Waals surface area contributed by atoms with Gasteiger partial charge in [-0.05, 0) is 49.8 Å². The third kappa shape index (κ3) is 4.88. The molecule has 4 N–H and O–H groups in total. The van der Waals surface area contributed by atoms with Gasteiger partial charge < -0.3 is 26.0 Å². The van der Waals surface area contributed by atoms with Gasteiger partial charge in [-0.1, -0.05) is 6.58 Å². The molecule has 1 aromatic rings. The molecule has 8 heteroatoms. The number of aromatic nitrogens is 1. The number of allylic oxidation sites excluding steroid dienone is 3. The highest BCUT2D eigenvalue weighted by Gasteiger charge is 2.41. The smallest absolute Gasteiger partial charge is 0.248 e. The van der Waals surface area contributed by atoms with Gasteiger partial charge in [0.1, 0.15) is 18.5 Å². The summed E-state index contributed by atoms with van der Waals surface area (Å²) in [4.78, 5) is 21.8. The number of nitrogens with two attached hydrogens (primary N) is 2. The van der Waals surface area contributed by atoms with E-state index in [1.807, 2.05) is 11.0 Å². The lowest BCUT2D eigenvalue weighted by atomic mass is 9.98. The number of methoxy groups -OCH3 is 1. The molecule has 0 spiro atoms. The minimum Gasteiger partial charge on any atom is -0.404 e. The van der Waals surface area contributed by atoms with Crippen molar-refractivity contribution >= 4 is 17.3 Å². The van der Waals surface area contributed by atoms with Gasteiger partial charge in [0.05, 0.1) is 17.3 Å². The van der Waals surface area contributed by atoms with Gasteiger partial charge in [0.25, 0.3) is 0 Å². The second-order valence-corrected chi connectivity index (χ2v) is 9.02. The Morgan fingerprint density at radius 1 is 1.36 bits per heavy atom. The predicted molar refractivity (Wildman–Crippen MR) is 128 cm³/mol. The average molecular weight is 449 g/mol. The van der Waals surface area contributed by atoms with Crippen molar-refractivity contribution in [1.82, 2.24) is 9.88 Å². The molecule has 2 heterocycles. The first-order valence-electron chi connectivity index (χ1n) is 11.5. The van der Waals surface area contributed by atoms with E-state index in [1.54, 1.807) is 19.3 Å². The maximum absolute atomic E-state index is 12.6. The molecule has 3 aliphatic rings. The van der Waals surface area contributed by atoms with E-state index in [4.69, 9.17) is 21.2 Å². The number of nitrogens with zero attached hydrogens (tertiary/aromatic N) is 4. The molecular weight excluding hydrogens is 416 g/mol. The lowest BCUT2D eigenvalue weighted by molar-refractivity contribution is -0.138. The number of ether oxygens (including phenoxy) is 1. The number of amides is 1. The van der Waals surface area contributed by atoms with Gasteiger partial charge in [0, 0.05) is 55.7 Å². The fourth-order valence-corrected chi connectivity index (χ4v) is 4.60. The van der Waals surface area contributed by atoms with Gasteiger partial charge >= 0.3 is 0 Å². The van der Waals surface area contributed by atoms with E-state index in [9.17, 15) is 10.1 Å². The molecule has 0 radical (unpaired) electrons. The molecule has 0 bridgehead atoms. The van der Waals surface area contributed by atoms with Gasteiger partial charge in [0.15, 0.2) is 0 Å². The van der Waals surface area contributed by atoms with Gasteiger partial charge in [-0.3, -0.25) is 4.79 Å². The van der Waals surface area contributed by atoms with Crippen LogP contribution in [0.25, 0.3) is 5.57 Å². The number of piperazine rings is 1. The average Bonchev–Trinajstić information content (AvgIpc) is 3.74. The summed E-state index contributed by atoms with van der Waals surface area (Å²) in [5, 5.41) is 9.99. The maximum atomic E-state index is 12.6. The minimum atomic E-state index is 0.0286. The van der Waals surface area contributed by atoms with Gasteiger partial charge in [-0.25, -0.2) is 4.98 Å². The highest BCUT2D eigenvalue weighted by Crippen LogP contribution is 2.44. The summed E-state index contributed by atoms with van der Waals surface area (Å²) < 4.78 is 5.09. The van der Waals surface area contributed by atoms with E-state index >= 15 is 0 Å². The van der Waals surface area contributed by atoms with Crippen LogP contribution in [-0.2, 0) is 9.53 Å². The van der Waals surface area contributed by atoms with Crippen LogP contribution in [0.5, 0.6) is 0 Å². The van der Waals surface area contributed by atoms with E-state index in [-0.39, 0.29) is 18.6 Å². The molecule has 1 unspecified atom stereocenters. The Morgan fingerprint density at radius 3 is 2.70 bits per heavy atom. The normalized spacial score (nSPS) is 21.6. The van der Waals surface area contributed by atoms with E-state index < -0.39 is 0 Å². The van der Waals surface area contributed by atoms with Gasteiger partial charge in [0.2, 0.25) is 5.91 Å². The molecule has 2 saturated carbocycles. The van der Waals surface area contributed by atoms with Crippen molar-refractivity contribution in [3.05, 3.63) is 53.5 Å². The number of pyridine rings is 1. The number of carbonyl (C=O) groups is 1. The number of anilines is 1. The van der Waals surface area contributed by atoms with E-state index in [2.05, 4.69) is 17.5 Å². The fraction of sp³-hybridized carbons (Fsp3) is 0.480. The largest absolute Gasteiger partial charge is 0.404 e. The third-order valence-corrected chi connectivity index (χ3v) is 6.64. The van der Waals surface area contributed by atoms with Crippen molar-refractivity contribution in [1.29, 1.82) is 5.26 Å². The molecule has 1 saturated heterocycles. The summed E-state index contributed by atoms with van der Waals surface area (Å²) in [6, 6.07) is 4.34. The number of nitriles is 1. The molecule has 1 amide bonds. The summed E-state index contributed by atoms with van der Waals surface area (Å²) in [6.07, 6.45) is 9.21. The summed E-state index contributed by atoms with van der Waals surface area (Å²) in [7, 11) is 1.55. The molecular formula is C25H32N6O2. The van der Waals surface area contributed by atoms with Crippen LogP contribution in [0.1, 0.15) is 48.4 Å². The second kappa shape index (κ2) is 9.67. The van der Waals surface area contributed by atoms with Crippen LogP contribution in [0, 0.1) is 17.2 Å². The molecule has 4 rings (SSSR count). The Labute approximate surface area is 195 Å². The summed E-state index contributed by atoms with van der Waals surface area (Å²) in [6.45, 7) is 5.71. The first-order valence-corrected chi connectivity index (χ1v) is 11.5. The van der Waals surface area contributed by atoms with Crippen LogP contribution in [0.3, 0.4) is 0 Å². The van der Waals surface area contributed by atoms with Crippen LogP contribution in [0.4, 0.5) is 5.82 Å². The van der Waals surface area contributed by atoms with Crippen molar-refractivity contribution in [2.24, 2.45) is 17.4 Å². The molecule has 1 aromatic heterocycles. The van der Waals surface area contributed by atoms with Crippen LogP contribution in [-0.4, -0.2) is 55.2 Å². The highest BCUT2D eigenvalue weighted by molar-refractivity contribution is 5.80. The summed E-state index contributed by atoms with van der Waals surface area (Å²) in [5.41, 5.74) is 15.4. The lowest BCUT2D eigenvalue weighted by Gasteiger charge is -2.42. The summed E-state index contributed by atoms with van der Waals surface area (Å²) >= 11 is 0. The molecule has 2 aliphatic carbocycles. The highest BCUT2D eigenvalue weighted by atomic mass is 16.5. The zero-order chi connectivity index (χ0) is 23.5. The van der Waals surface area contributed by atoms with Crippen molar-refractivity contribution in [2.45, 2.75) is 37.6 Å². The number of hydrogen-bond acceptors (Lipinski definition) is 7. The quantitative estimate of drug-likeness (QED) is 0.585. The van der Waals surface area contributed by atoms with Crippen LogP contribution in [0.2, 0.25) is 0 Å². The molecule has 3 fully saturated rings. The third-order valence-electron chi connectivity index (χ3n) is 6.64. The zero-order valence-electron chi connectivity index (χ0n) is 19.2. The molecule has 1 atom stereocenters. The topological polar surface area (TPSA) is 122 Å². The molecule has 0 aromatic carbocycles. The predicted octanol–water partition coefficient (Wildman–Crippen LogP) is 2.23.